The van der Waals surface area contributed by atoms with Gasteiger partial charge in [0.2, 0.25) is 0 Å². The fourth-order valence-electron chi connectivity index (χ4n) is 0.895. The fraction of sp³-hybridized carbons (Fsp3) is 0.167. The first-order valence-electron chi connectivity index (χ1n) is 3.05. The van der Waals surface area contributed by atoms with Gasteiger partial charge in [-0.15, -0.1) is 0 Å². The van der Waals surface area contributed by atoms with E-state index in [0.29, 0.717) is 0 Å². The van der Waals surface area contributed by atoms with Gasteiger partial charge in [-0.1, -0.05) is 11.3 Å². The summed E-state index contributed by atoms with van der Waals surface area (Å²) in [5.41, 5.74) is 0.843. The zero-order valence-corrected chi connectivity index (χ0v) is 6.63. The van der Waals surface area contributed by atoms with E-state index >= 15 is 0 Å². The lowest BCUT2D eigenvalue weighted by Gasteiger charge is -1.88. The minimum absolute atomic E-state index is 0.0230. The van der Waals surface area contributed by atoms with E-state index in [1.54, 1.807) is 24.0 Å². The third kappa shape index (κ3) is 0.848. The van der Waals surface area contributed by atoms with Gasteiger partial charge in [0.25, 0.3) is 0 Å². The molecule has 0 radical (unpaired) electrons. The van der Waals surface area contributed by atoms with Crippen molar-refractivity contribution in [1.29, 1.82) is 0 Å². The van der Waals surface area contributed by atoms with Crippen molar-refractivity contribution in [2.45, 2.75) is 0 Å². The summed E-state index contributed by atoms with van der Waals surface area (Å²) in [6, 6.07) is 0. The van der Waals surface area contributed by atoms with Crippen molar-refractivity contribution in [1.82, 2.24) is 14.8 Å². The lowest BCUT2D eigenvalue weighted by Crippen LogP contribution is -2.06. The van der Waals surface area contributed by atoms with Gasteiger partial charge >= 0.3 is 4.87 Å². The van der Waals surface area contributed by atoms with Crippen molar-refractivity contribution >= 4 is 21.6 Å². The van der Waals surface area contributed by atoms with Crippen LogP contribution in [-0.2, 0) is 7.05 Å². The number of aryl methyl sites for hydroxylation is 1. The molecule has 0 saturated carbocycles. The highest BCUT2D eigenvalue weighted by atomic mass is 32.1. The van der Waals surface area contributed by atoms with Crippen LogP contribution in [0.5, 0.6) is 0 Å². The highest BCUT2D eigenvalue weighted by molar-refractivity contribution is 7.16. The molecule has 0 spiro atoms. The van der Waals surface area contributed by atoms with Gasteiger partial charge in [0.1, 0.15) is 0 Å². The molecule has 2 aromatic rings. The van der Waals surface area contributed by atoms with Crippen LogP contribution >= 0.6 is 11.3 Å². The van der Waals surface area contributed by atoms with Crippen molar-refractivity contribution in [3.63, 3.8) is 0 Å². The molecule has 0 aliphatic carbocycles. The summed E-state index contributed by atoms with van der Waals surface area (Å²) in [6.45, 7) is 0. The number of aromatic nitrogens is 3. The summed E-state index contributed by atoms with van der Waals surface area (Å²) in [5.74, 6) is 0. The van der Waals surface area contributed by atoms with E-state index in [1.807, 2.05) is 0 Å². The third-order valence-electron chi connectivity index (χ3n) is 1.51. The van der Waals surface area contributed by atoms with Crippen LogP contribution in [-0.4, -0.2) is 14.8 Å². The largest absolute Gasteiger partial charge is 0.307 e. The first-order valence-corrected chi connectivity index (χ1v) is 3.87. The molecular formula is C6H5N3OS. The molecule has 0 atom stereocenters. The zero-order valence-electron chi connectivity index (χ0n) is 5.81. The van der Waals surface area contributed by atoms with Gasteiger partial charge in [0, 0.05) is 7.05 Å². The Kier molecular flexibility index (Phi) is 1.25. The molecular weight excluding hydrogens is 162 g/mol. The number of rotatable bonds is 0. The quantitative estimate of drug-likeness (QED) is 0.570. The maximum atomic E-state index is 11.1. The summed E-state index contributed by atoms with van der Waals surface area (Å²) < 4.78 is 2.45. The van der Waals surface area contributed by atoms with Crippen LogP contribution < -0.4 is 4.87 Å². The Morgan fingerprint density at radius 3 is 2.91 bits per heavy atom. The lowest BCUT2D eigenvalue weighted by molar-refractivity contribution is 0.925. The topological polar surface area (TPSA) is 47.8 Å². The van der Waals surface area contributed by atoms with Crippen molar-refractivity contribution in [3.8, 4) is 0 Å². The average molecular weight is 167 g/mol. The molecule has 0 N–H and O–H groups in total. The number of nitrogens with zero attached hydrogens (tertiary/aromatic N) is 3. The van der Waals surface area contributed by atoms with Gasteiger partial charge in [-0.2, -0.15) is 10.2 Å². The highest BCUT2D eigenvalue weighted by Crippen LogP contribution is 2.11. The Hall–Kier alpha value is -1.23. The Morgan fingerprint density at radius 1 is 1.45 bits per heavy atom. The summed E-state index contributed by atoms with van der Waals surface area (Å²) >= 11 is 1.18. The molecule has 11 heavy (non-hydrogen) atoms. The van der Waals surface area contributed by atoms with Crippen molar-refractivity contribution < 1.29 is 0 Å². The molecule has 0 aliphatic rings. The zero-order chi connectivity index (χ0) is 7.84. The smallest absolute Gasteiger partial charge is 0.300 e. The fourth-order valence-corrected chi connectivity index (χ4v) is 1.71. The predicted octanol–water partition coefficient (Wildman–Crippen LogP) is 0.390. The van der Waals surface area contributed by atoms with Gasteiger partial charge in [0.15, 0.2) is 0 Å². The first kappa shape index (κ1) is 6.48. The van der Waals surface area contributed by atoms with E-state index in [9.17, 15) is 4.79 Å². The Labute approximate surface area is 66.1 Å². The second-order valence-corrected chi connectivity index (χ2v) is 3.16. The maximum Gasteiger partial charge on any atom is 0.307 e. The normalized spacial score (nSPS) is 10.6. The van der Waals surface area contributed by atoms with Crippen LogP contribution in [0.3, 0.4) is 0 Å². The molecule has 0 amide bonds. The number of hydrogen-bond donors (Lipinski definition) is 0. The molecule has 2 heterocycles. The molecule has 0 fully saturated rings. The van der Waals surface area contributed by atoms with Crippen LogP contribution in [0.4, 0.5) is 0 Å². The maximum absolute atomic E-state index is 11.1. The summed E-state index contributed by atoms with van der Waals surface area (Å²) in [7, 11) is 1.73. The number of thiazole rings is 1. The van der Waals surface area contributed by atoms with Gasteiger partial charge in [-0.25, -0.2) is 0 Å². The average Bonchev–Trinajstić information content (AvgIpc) is 2.30. The number of fused-ring (bicyclic) bond motifs is 1. The van der Waals surface area contributed by atoms with Crippen LogP contribution in [0.2, 0.25) is 0 Å². The Bertz CT molecular complexity index is 444. The third-order valence-corrected chi connectivity index (χ3v) is 2.49. The molecule has 56 valence electrons. The highest BCUT2D eigenvalue weighted by Gasteiger charge is 2.01. The second kappa shape index (κ2) is 2.13. The molecule has 0 aromatic carbocycles. The van der Waals surface area contributed by atoms with Gasteiger partial charge in [-0.05, 0) is 0 Å². The van der Waals surface area contributed by atoms with E-state index in [4.69, 9.17) is 0 Å². The van der Waals surface area contributed by atoms with Crippen LogP contribution in [0.25, 0.3) is 10.2 Å². The summed E-state index contributed by atoms with van der Waals surface area (Å²) in [4.78, 5) is 11.1. The predicted molar refractivity (Wildman–Crippen MR) is 42.7 cm³/mol. The molecule has 0 bridgehead atoms. The molecule has 2 rings (SSSR count). The minimum atomic E-state index is 0.0230. The Morgan fingerprint density at radius 2 is 2.18 bits per heavy atom. The summed E-state index contributed by atoms with van der Waals surface area (Å²) in [6.07, 6.45) is 3.19. The van der Waals surface area contributed by atoms with E-state index in [-0.39, 0.29) is 4.87 Å². The first-order chi connectivity index (χ1) is 5.29. The van der Waals surface area contributed by atoms with E-state index < -0.39 is 0 Å². The van der Waals surface area contributed by atoms with E-state index in [1.165, 1.54) is 11.3 Å². The van der Waals surface area contributed by atoms with E-state index in [2.05, 4.69) is 10.2 Å². The lowest BCUT2D eigenvalue weighted by atomic mass is 10.5. The summed E-state index contributed by atoms with van der Waals surface area (Å²) in [5, 5.41) is 7.36. The Balaban J connectivity index is 3.04. The van der Waals surface area contributed by atoms with Crippen LogP contribution in [0.1, 0.15) is 0 Å². The SMILES string of the molecule is Cn1c(=O)sc2cnncc21. The van der Waals surface area contributed by atoms with Crippen molar-refractivity contribution in [2.24, 2.45) is 7.05 Å². The van der Waals surface area contributed by atoms with Crippen molar-refractivity contribution in [2.75, 3.05) is 0 Å². The standard InChI is InChI=1S/C6H5N3OS/c1-9-4-2-7-8-3-5(4)11-6(9)10/h2-3H,1H3. The molecule has 5 heteroatoms. The molecule has 2 aromatic heterocycles. The van der Waals surface area contributed by atoms with Gasteiger partial charge in [-0.3, -0.25) is 4.79 Å². The van der Waals surface area contributed by atoms with Crippen LogP contribution in [0, 0.1) is 0 Å². The monoisotopic (exact) mass is 167 g/mol. The van der Waals surface area contributed by atoms with E-state index in [0.717, 1.165) is 10.2 Å². The van der Waals surface area contributed by atoms with Gasteiger partial charge in [0.05, 0.1) is 22.6 Å². The molecule has 0 aliphatic heterocycles. The van der Waals surface area contributed by atoms with Crippen LogP contribution in [0.15, 0.2) is 17.2 Å². The second-order valence-electron chi connectivity index (χ2n) is 2.17. The minimum Gasteiger partial charge on any atom is -0.300 e. The number of hydrogen-bond acceptors (Lipinski definition) is 4. The molecule has 0 saturated heterocycles. The molecule has 4 nitrogen and oxygen atoms in total. The van der Waals surface area contributed by atoms with Gasteiger partial charge < -0.3 is 4.57 Å². The molecule has 0 unspecified atom stereocenters. The van der Waals surface area contributed by atoms with Crippen molar-refractivity contribution in [3.05, 3.63) is 22.1 Å².